The molecule has 1 heterocycles. The van der Waals surface area contributed by atoms with Gasteiger partial charge in [0.1, 0.15) is 17.9 Å². The van der Waals surface area contributed by atoms with E-state index in [0.717, 1.165) is 0 Å². The summed E-state index contributed by atoms with van der Waals surface area (Å²) in [5.74, 6) is -0.137. The number of hydrogen-bond donors (Lipinski definition) is 0. The lowest BCUT2D eigenvalue weighted by atomic mass is 10.2. The minimum Gasteiger partial charge on any atom is -0.482 e. The SMILES string of the molecule is COC(=O)CN1C=CC(OCC(=O)OC(C)(C)C)=CC1. The van der Waals surface area contributed by atoms with E-state index in [1.54, 1.807) is 44.0 Å². The van der Waals surface area contributed by atoms with Crippen LogP contribution in [0.15, 0.2) is 24.1 Å². The molecule has 112 valence electrons. The molecule has 0 aromatic heterocycles. The molecule has 0 fully saturated rings. The van der Waals surface area contributed by atoms with Gasteiger partial charge in [-0.25, -0.2) is 4.79 Å². The van der Waals surface area contributed by atoms with Crippen LogP contribution in [-0.2, 0) is 23.8 Å². The van der Waals surface area contributed by atoms with Crippen molar-refractivity contribution in [1.29, 1.82) is 0 Å². The molecular weight excluding hydrogens is 262 g/mol. The molecule has 0 N–H and O–H groups in total. The van der Waals surface area contributed by atoms with Crippen LogP contribution in [0.1, 0.15) is 20.8 Å². The predicted molar refractivity (Wildman–Crippen MR) is 72.6 cm³/mol. The van der Waals surface area contributed by atoms with Crippen LogP contribution in [0.3, 0.4) is 0 Å². The second-order valence-electron chi connectivity index (χ2n) is 5.30. The molecule has 0 aliphatic carbocycles. The average Bonchev–Trinajstić information content (AvgIpc) is 2.36. The monoisotopic (exact) mass is 283 g/mol. The first-order valence-electron chi connectivity index (χ1n) is 6.34. The van der Waals surface area contributed by atoms with Gasteiger partial charge in [-0.2, -0.15) is 0 Å². The summed E-state index contributed by atoms with van der Waals surface area (Å²) in [6.07, 6.45) is 5.20. The number of esters is 2. The molecule has 0 unspecified atom stereocenters. The summed E-state index contributed by atoms with van der Waals surface area (Å²) in [4.78, 5) is 24.3. The van der Waals surface area contributed by atoms with Gasteiger partial charge in [0.05, 0.1) is 7.11 Å². The summed E-state index contributed by atoms with van der Waals surface area (Å²) in [5.41, 5.74) is -0.519. The second-order valence-corrected chi connectivity index (χ2v) is 5.30. The Balaban J connectivity index is 2.33. The van der Waals surface area contributed by atoms with Crippen molar-refractivity contribution in [2.24, 2.45) is 0 Å². The van der Waals surface area contributed by atoms with Gasteiger partial charge in [-0.15, -0.1) is 0 Å². The van der Waals surface area contributed by atoms with Crippen molar-refractivity contribution in [2.45, 2.75) is 26.4 Å². The van der Waals surface area contributed by atoms with E-state index in [9.17, 15) is 9.59 Å². The van der Waals surface area contributed by atoms with Gasteiger partial charge in [0.25, 0.3) is 0 Å². The molecule has 0 radical (unpaired) electrons. The lowest BCUT2D eigenvalue weighted by Gasteiger charge is -2.22. The van der Waals surface area contributed by atoms with Crippen molar-refractivity contribution in [3.05, 3.63) is 24.1 Å². The molecular formula is C14H21NO5. The maximum absolute atomic E-state index is 11.5. The van der Waals surface area contributed by atoms with E-state index >= 15 is 0 Å². The van der Waals surface area contributed by atoms with Crippen molar-refractivity contribution >= 4 is 11.9 Å². The Labute approximate surface area is 119 Å². The topological polar surface area (TPSA) is 65.1 Å². The number of methoxy groups -OCH3 is 1. The summed E-state index contributed by atoms with van der Waals surface area (Å²) in [7, 11) is 1.35. The van der Waals surface area contributed by atoms with Gasteiger partial charge in [-0.1, -0.05) is 0 Å². The molecule has 1 aliphatic heterocycles. The average molecular weight is 283 g/mol. The highest BCUT2D eigenvalue weighted by Gasteiger charge is 2.17. The third kappa shape index (κ3) is 6.26. The van der Waals surface area contributed by atoms with Gasteiger partial charge >= 0.3 is 11.9 Å². The number of nitrogens with zero attached hydrogens (tertiary/aromatic N) is 1. The zero-order valence-electron chi connectivity index (χ0n) is 12.3. The molecule has 0 bridgehead atoms. The fourth-order valence-corrected chi connectivity index (χ4v) is 1.48. The smallest absolute Gasteiger partial charge is 0.344 e. The zero-order chi connectivity index (χ0) is 15.2. The Bertz CT molecular complexity index is 420. The predicted octanol–water partition coefficient (Wildman–Crippen LogP) is 1.23. The summed E-state index contributed by atoms with van der Waals surface area (Å²) < 4.78 is 15.0. The molecule has 1 aliphatic rings. The first kappa shape index (κ1) is 16.1. The van der Waals surface area contributed by atoms with Crippen LogP contribution >= 0.6 is 0 Å². The Hall–Kier alpha value is -1.98. The molecule has 6 nitrogen and oxygen atoms in total. The molecule has 20 heavy (non-hydrogen) atoms. The number of ether oxygens (including phenoxy) is 3. The number of hydrogen-bond acceptors (Lipinski definition) is 6. The highest BCUT2D eigenvalue weighted by molar-refractivity contribution is 5.72. The molecule has 1 rings (SSSR count). The van der Waals surface area contributed by atoms with Gasteiger partial charge in [0, 0.05) is 12.7 Å². The van der Waals surface area contributed by atoms with Crippen molar-refractivity contribution in [2.75, 3.05) is 26.8 Å². The quantitative estimate of drug-likeness (QED) is 0.707. The first-order valence-corrected chi connectivity index (χ1v) is 6.34. The van der Waals surface area contributed by atoms with Crippen LogP contribution in [0.2, 0.25) is 0 Å². The fourth-order valence-electron chi connectivity index (χ4n) is 1.48. The summed E-state index contributed by atoms with van der Waals surface area (Å²) in [6, 6.07) is 0. The van der Waals surface area contributed by atoms with Gasteiger partial charge in [0.2, 0.25) is 0 Å². The van der Waals surface area contributed by atoms with Gasteiger partial charge < -0.3 is 19.1 Å². The third-order valence-corrected chi connectivity index (χ3v) is 2.31. The lowest BCUT2D eigenvalue weighted by Crippen LogP contribution is -2.28. The Morgan fingerprint density at radius 1 is 1.30 bits per heavy atom. The van der Waals surface area contributed by atoms with E-state index in [1.807, 2.05) is 0 Å². The Morgan fingerprint density at radius 3 is 2.50 bits per heavy atom. The lowest BCUT2D eigenvalue weighted by molar-refractivity contribution is -0.158. The first-order chi connectivity index (χ1) is 9.30. The van der Waals surface area contributed by atoms with Crippen LogP contribution in [0.5, 0.6) is 0 Å². The van der Waals surface area contributed by atoms with Crippen LogP contribution < -0.4 is 0 Å². The van der Waals surface area contributed by atoms with E-state index in [1.165, 1.54) is 7.11 Å². The van der Waals surface area contributed by atoms with Crippen LogP contribution in [0.4, 0.5) is 0 Å². The van der Waals surface area contributed by atoms with Crippen molar-refractivity contribution < 1.29 is 23.8 Å². The largest absolute Gasteiger partial charge is 0.482 e. The fraction of sp³-hybridized carbons (Fsp3) is 0.571. The summed E-state index contributed by atoms with van der Waals surface area (Å²) >= 11 is 0. The summed E-state index contributed by atoms with van der Waals surface area (Å²) in [5, 5.41) is 0. The molecule has 0 spiro atoms. The minimum absolute atomic E-state index is 0.134. The van der Waals surface area contributed by atoms with Gasteiger partial charge in [-0.3, -0.25) is 4.79 Å². The molecule has 0 saturated carbocycles. The molecule has 6 heteroatoms. The number of rotatable bonds is 5. The third-order valence-electron chi connectivity index (χ3n) is 2.31. The van der Waals surface area contributed by atoms with E-state index in [-0.39, 0.29) is 19.1 Å². The summed E-state index contributed by atoms with van der Waals surface area (Å²) in [6.45, 7) is 5.97. The maximum Gasteiger partial charge on any atom is 0.344 e. The number of allylic oxidation sites excluding steroid dienone is 1. The van der Waals surface area contributed by atoms with Crippen LogP contribution in [0, 0.1) is 0 Å². The zero-order valence-corrected chi connectivity index (χ0v) is 12.3. The van der Waals surface area contributed by atoms with Gasteiger partial charge in [0.15, 0.2) is 6.61 Å². The van der Waals surface area contributed by atoms with Crippen molar-refractivity contribution in [3.8, 4) is 0 Å². The molecule has 0 saturated heterocycles. The second kappa shape index (κ2) is 6.98. The van der Waals surface area contributed by atoms with E-state index in [2.05, 4.69) is 4.74 Å². The molecule has 0 atom stereocenters. The Morgan fingerprint density at radius 2 is 2.00 bits per heavy atom. The highest BCUT2D eigenvalue weighted by Crippen LogP contribution is 2.11. The molecule has 0 aromatic rings. The standard InChI is InChI=1S/C14H21NO5/c1-14(2,3)20-13(17)10-19-11-5-7-15(8-6-11)9-12(16)18-4/h5-7H,8-10H2,1-4H3. The van der Waals surface area contributed by atoms with Crippen LogP contribution in [-0.4, -0.2) is 49.2 Å². The van der Waals surface area contributed by atoms with E-state index in [0.29, 0.717) is 12.3 Å². The van der Waals surface area contributed by atoms with Crippen molar-refractivity contribution in [3.63, 3.8) is 0 Å². The van der Waals surface area contributed by atoms with Crippen molar-refractivity contribution in [1.82, 2.24) is 4.90 Å². The van der Waals surface area contributed by atoms with E-state index in [4.69, 9.17) is 9.47 Å². The minimum atomic E-state index is -0.519. The van der Waals surface area contributed by atoms with E-state index < -0.39 is 11.6 Å². The van der Waals surface area contributed by atoms with Crippen LogP contribution in [0.25, 0.3) is 0 Å². The highest BCUT2D eigenvalue weighted by atomic mass is 16.6. The number of carbonyl (C=O) groups is 2. The normalized spacial score (nSPS) is 14.6. The van der Waals surface area contributed by atoms with Gasteiger partial charge in [-0.05, 0) is 32.9 Å². The maximum atomic E-state index is 11.5. The molecule has 0 aromatic carbocycles. The number of carbonyl (C=O) groups excluding carboxylic acids is 2. The molecule has 0 amide bonds. The Kier molecular flexibility index (Phi) is 5.61.